The van der Waals surface area contributed by atoms with Crippen LogP contribution in [-0.4, -0.2) is 30.3 Å². The number of nitrogens with one attached hydrogen (secondary N) is 1. The number of halogens is 1. The normalized spacial score (nSPS) is 21.6. The molecule has 0 bridgehead atoms. The predicted molar refractivity (Wildman–Crippen MR) is 68.3 cm³/mol. The number of para-hydroxylation sites is 1. The number of aliphatic hydroxyl groups is 1. The highest BCUT2D eigenvalue weighted by Crippen LogP contribution is 2.26. The number of benzene rings is 1. The van der Waals surface area contributed by atoms with Crippen LogP contribution in [0.1, 0.15) is 19.3 Å². The molecule has 1 aliphatic carbocycles. The van der Waals surface area contributed by atoms with Crippen LogP contribution in [0.2, 0.25) is 0 Å². The van der Waals surface area contributed by atoms with Crippen molar-refractivity contribution in [2.45, 2.75) is 25.4 Å². The van der Waals surface area contributed by atoms with Gasteiger partial charge in [-0.3, -0.25) is 4.79 Å². The highest BCUT2D eigenvalue weighted by atomic mass is 19.1. The maximum atomic E-state index is 13.2. The van der Waals surface area contributed by atoms with Gasteiger partial charge in [0.2, 0.25) is 5.91 Å². The molecule has 1 fully saturated rings. The minimum atomic E-state index is -0.425. The Hall–Kier alpha value is -1.62. The number of amides is 1. The van der Waals surface area contributed by atoms with Gasteiger partial charge < -0.3 is 15.2 Å². The molecule has 1 aromatic rings. The van der Waals surface area contributed by atoms with Crippen molar-refractivity contribution >= 4 is 5.91 Å². The largest absolute Gasteiger partial charge is 0.490 e. The fourth-order valence-electron chi connectivity index (χ4n) is 2.03. The van der Waals surface area contributed by atoms with E-state index in [1.54, 1.807) is 12.1 Å². The number of hydrogen-bond acceptors (Lipinski definition) is 3. The first-order chi connectivity index (χ1) is 9.15. The number of carbonyl (C=O) groups excluding carboxylic acids is 1. The average molecular weight is 267 g/mol. The van der Waals surface area contributed by atoms with Crippen LogP contribution < -0.4 is 10.1 Å². The highest BCUT2D eigenvalue weighted by molar-refractivity contribution is 5.76. The zero-order chi connectivity index (χ0) is 13.7. The molecule has 0 heterocycles. The van der Waals surface area contributed by atoms with Crippen molar-refractivity contribution in [3.05, 3.63) is 30.1 Å². The van der Waals surface area contributed by atoms with Gasteiger partial charge >= 0.3 is 0 Å². The van der Waals surface area contributed by atoms with Crippen LogP contribution in [0, 0.1) is 11.7 Å². The van der Waals surface area contributed by atoms with Crippen molar-refractivity contribution in [2.75, 3.05) is 13.2 Å². The number of aliphatic hydroxyl groups excluding tert-OH is 1. The lowest BCUT2D eigenvalue weighted by Gasteiger charge is -2.31. The van der Waals surface area contributed by atoms with Crippen molar-refractivity contribution < 1.29 is 19.0 Å². The molecule has 0 saturated heterocycles. The van der Waals surface area contributed by atoms with Gasteiger partial charge in [-0.05, 0) is 30.9 Å². The summed E-state index contributed by atoms with van der Waals surface area (Å²) in [5.74, 6) is 0.00736. The molecule has 1 aliphatic rings. The molecule has 4 nitrogen and oxygen atoms in total. The lowest BCUT2D eigenvalue weighted by molar-refractivity contribution is -0.122. The van der Waals surface area contributed by atoms with E-state index in [9.17, 15) is 9.18 Å². The first kappa shape index (κ1) is 13.8. The summed E-state index contributed by atoms with van der Waals surface area (Å²) in [5.41, 5.74) is 0. The second-order valence-electron chi connectivity index (χ2n) is 4.82. The lowest BCUT2D eigenvalue weighted by Crippen LogP contribution is -2.38. The molecule has 1 saturated carbocycles. The standard InChI is InChI=1S/C14H18FNO3/c15-12-3-1-2-4-13(12)19-6-5-14(18)16-9-10-7-11(17)8-10/h1-4,10-11,17H,5-9H2,(H,16,18). The fourth-order valence-corrected chi connectivity index (χ4v) is 2.03. The zero-order valence-electron chi connectivity index (χ0n) is 10.6. The van der Waals surface area contributed by atoms with Gasteiger partial charge in [-0.25, -0.2) is 4.39 Å². The first-order valence-corrected chi connectivity index (χ1v) is 6.47. The zero-order valence-corrected chi connectivity index (χ0v) is 10.6. The number of hydrogen-bond donors (Lipinski definition) is 2. The van der Waals surface area contributed by atoms with Gasteiger partial charge in [-0.1, -0.05) is 12.1 Å². The minimum absolute atomic E-state index is 0.113. The second kappa shape index (κ2) is 6.52. The van der Waals surface area contributed by atoms with Crippen molar-refractivity contribution in [3.63, 3.8) is 0 Å². The molecule has 5 heteroatoms. The van der Waals surface area contributed by atoms with Crippen molar-refractivity contribution in [1.29, 1.82) is 0 Å². The number of ether oxygens (including phenoxy) is 1. The Balaban J connectivity index is 1.60. The van der Waals surface area contributed by atoms with E-state index in [0.29, 0.717) is 12.5 Å². The maximum absolute atomic E-state index is 13.2. The minimum Gasteiger partial charge on any atom is -0.490 e. The summed E-state index contributed by atoms with van der Waals surface area (Å²) < 4.78 is 18.4. The maximum Gasteiger partial charge on any atom is 0.223 e. The van der Waals surface area contributed by atoms with Crippen LogP contribution >= 0.6 is 0 Å². The van der Waals surface area contributed by atoms with Crippen molar-refractivity contribution in [2.24, 2.45) is 5.92 Å². The smallest absolute Gasteiger partial charge is 0.223 e. The lowest BCUT2D eigenvalue weighted by atomic mass is 9.82. The number of carbonyl (C=O) groups is 1. The van der Waals surface area contributed by atoms with Gasteiger partial charge in [0.1, 0.15) is 0 Å². The highest BCUT2D eigenvalue weighted by Gasteiger charge is 2.26. The Morgan fingerprint density at radius 3 is 2.84 bits per heavy atom. The molecule has 1 amide bonds. The van der Waals surface area contributed by atoms with E-state index in [-0.39, 0.29) is 30.8 Å². The molecular weight excluding hydrogens is 249 g/mol. The molecule has 19 heavy (non-hydrogen) atoms. The monoisotopic (exact) mass is 267 g/mol. The molecule has 104 valence electrons. The molecule has 2 rings (SSSR count). The molecule has 0 aliphatic heterocycles. The SMILES string of the molecule is O=C(CCOc1ccccc1F)NCC1CC(O)C1. The Morgan fingerprint density at radius 2 is 2.16 bits per heavy atom. The Labute approximate surface area is 111 Å². The second-order valence-corrected chi connectivity index (χ2v) is 4.82. The quantitative estimate of drug-likeness (QED) is 0.821. The summed E-state index contributed by atoms with van der Waals surface area (Å²) in [6, 6.07) is 6.11. The van der Waals surface area contributed by atoms with Crippen molar-refractivity contribution in [3.8, 4) is 5.75 Å². The molecule has 0 unspecified atom stereocenters. The molecule has 0 aromatic heterocycles. The summed E-state index contributed by atoms with van der Waals surface area (Å²) >= 11 is 0. The summed E-state index contributed by atoms with van der Waals surface area (Å²) in [6.07, 6.45) is 1.51. The van der Waals surface area contributed by atoms with E-state index in [2.05, 4.69) is 5.32 Å². The topological polar surface area (TPSA) is 58.6 Å². The molecule has 0 atom stereocenters. The van der Waals surface area contributed by atoms with E-state index >= 15 is 0 Å². The third-order valence-corrected chi connectivity index (χ3v) is 3.22. The first-order valence-electron chi connectivity index (χ1n) is 6.47. The van der Waals surface area contributed by atoms with Crippen LogP contribution in [0.5, 0.6) is 5.75 Å². The van der Waals surface area contributed by atoms with E-state index in [1.807, 2.05) is 0 Å². The van der Waals surface area contributed by atoms with Gasteiger partial charge in [-0.15, -0.1) is 0 Å². The van der Waals surface area contributed by atoms with Gasteiger partial charge in [-0.2, -0.15) is 0 Å². The van der Waals surface area contributed by atoms with Gasteiger partial charge in [0.15, 0.2) is 11.6 Å². The molecular formula is C14H18FNO3. The summed E-state index contributed by atoms with van der Waals surface area (Å²) in [4.78, 5) is 11.5. The van der Waals surface area contributed by atoms with Gasteiger partial charge in [0.25, 0.3) is 0 Å². The number of rotatable bonds is 6. The Bertz CT molecular complexity index is 432. The van der Waals surface area contributed by atoms with Gasteiger partial charge in [0.05, 0.1) is 19.1 Å². The van der Waals surface area contributed by atoms with Crippen LogP contribution in [0.4, 0.5) is 4.39 Å². The van der Waals surface area contributed by atoms with E-state index in [0.717, 1.165) is 12.8 Å². The fraction of sp³-hybridized carbons (Fsp3) is 0.500. The van der Waals surface area contributed by atoms with E-state index in [4.69, 9.17) is 9.84 Å². The van der Waals surface area contributed by atoms with Gasteiger partial charge in [0, 0.05) is 6.54 Å². The third kappa shape index (κ3) is 4.21. The summed E-state index contributed by atoms with van der Waals surface area (Å²) in [6.45, 7) is 0.746. The van der Waals surface area contributed by atoms with Crippen LogP contribution in [-0.2, 0) is 4.79 Å². The predicted octanol–water partition coefficient (Wildman–Crippen LogP) is 1.48. The Morgan fingerprint density at radius 1 is 1.42 bits per heavy atom. The van der Waals surface area contributed by atoms with Crippen LogP contribution in [0.3, 0.4) is 0 Å². The van der Waals surface area contributed by atoms with E-state index < -0.39 is 5.82 Å². The molecule has 0 spiro atoms. The van der Waals surface area contributed by atoms with E-state index in [1.165, 1.54) is 12.1 Å². The average Bonchev–Trinajstić information content (AvgIpc) is 2.35. The third-order valence-electron chi connectivity index (χ3n) is 3.22. The Kier molecular flexibility index (Phi) is 4.74. The van der Waals surface area contributed by atoms with Crippen molar-refractivity contribution in [1.82, 2.24) is 5.32 Å². The summed E-state index contributed by atoms with van der Waals surface area (Å²) in [7, 11) is 0. The molecule has 0 radical (unpaired) electrons. The molecule has 2 N–H and O–H groups in total. The molecule has 1 aromatic carbocycles. The van der Waals surface area contributed by atoms with Crippen LogP contribution in [0.15, 0.2) is 24.3 Å². The summed E-state index contributed by atoms with van der Waals surface area (Å²) in [5, 5.41) is 11.9. The van der Waals surface area contributed by atoms with Crippen LogP contribution in [0.25, 0.3) is 0 Å².